The van der Waals surface area contributed by atoms with Crippen LogP contribution >= 0.6 is 22.9 Å². The lowest BCUT2D eigenvalue weighted by molar-refractivity contribution is 0.877. The lowest BCUT2D eigenvalue weighted by Crippen LogP contribution is -2.10. The second-order valence-corrected chi connectivity index (χ2v) is 6.54. The molecule has 0 aliphatic rings. The standard InChI is InChI=1S/C15H15ClN4S/c1-8-7-11-13(19-15(17)20-14(11)21-8)18-9(2)10-5-3-4-6-12(10)16/h3-7,9H,1-2H3,(H3,17,18,19,20). The molecule has 1 unspecified atom stereocenters. The molecule has 6 heteroatoms. The van der Waals surface area contributed by atoms with E-state index >= 15 is 0 Å². The summed E-state index contributed by atoms with van der Waals surface area (Å²) < 4.78 is 0. The summed E-state index contributed by atoms with van der Waals surface area (Å²) in [5.41, 5.74) is 6.82. The minimum absolute atomic E-state index is 0.0245. The average molecular weight is 319 g/mol. The molecule has 0 fully saturated rings. The summed E-state index contributed by atoms with van der Waals surface area (Å²) in [6, 6.07) is 9.87. The maximum Gasteiger partial charge on any atom is 0.223 e. The summed E-state index contributed by atoms with van der Waals surface area (Å²) in [5, 5.41) is 5.11. The van der Waals surface area contributed by atoms with Crippen molar-refractivity contribution < 1.29 is 0 Å². The Labute approximate surface area is 132 Å². The molecule has 0 amide bonds. The largest absolute Gasteiger partial charge is 0.368 e. The predicted molar refractivity (Wildman–Crippen MR) is 90.1 cm³/mol. The van der Waals surface area contributed by atoms with Crippen molar-refractivity contribution >= 4 is 44.9 Å². The van der Waals surface area contributed by atoms with Gasteiger partial charge in [0.2, 0.25) is 5.95 Å². The van der Waals surface area contributed by atoms with Crippen LogP contribution in [0, 0.1) is 6.92 Å². The number of halogens is 1. The van der Waals surface area contributed by atoms with Gasteiger partial charge in [0.05, 0.1) is 11.4 Å². The van der Waals surface area contributed by atoms with E-state index in [1.54, 1.807) is 11.3 Å². The maximum absolute atomic E-state index is 6.24. The number of fused-ring (bicyclic) bond motifs is 1. The molecule has 0 bridgehead atoms. The van der Waals surface area contributed by atoms with Crippen molar-refractivity contribution in [2.24, 2.45) is 0 Å². The molecular weight excluding hydrogens is 304 g/mol. The first-order valence-electron chi connectivity index (χ1n) is 6.59. The zero-order valence-electron chi connectivity index (χ0n) is 11.7. The normalized spacial score (nSPS) is 12.5. The number of rotatable bonds is 3. The second kappa shape index (κ2) is 5.50. The van der Waals surface area contributed by atoms with Crippen LogP contribution in [0.4, 0.5) is 11.8 Å². The van der Waals surface area contributed by atoms with Crippen LogP contribution < -0.4 is 11.1 Å². The molecule has 3 aromatic rings. The molecule has 0 saturated heterocycles. The van der Waals surface area contributed by atoms with E-state index in [4.69, 9.17) is 17.3 Å². The van der Waals surface area contributed by atoms with E-state index in [1.165, 1.54) is 4.88 Å². The number of anilines is 2. The van der Waals surface area contributed by atoms with Crippen molar-refractivity contribution in [3.05, 3.63) is 45.8 Å². The van der Waals surface area contributed by atoms with Crippen LogP contribution in [-0.4, -0.2) is 9.97 Å². The third kappa shape index (κ3) is 2.80. The molecule has 21 heavy (non-hydrogen) atoms. The van der Waals surface area contributed by atoms with Gasteiger partial charge in [0.15, 0.2) is 0 Å². The van der Waals surface area contributed by atoms with Crippen LogP contribution in [0.15, 0.2) is 30.3 Å². The van der Waals surface area contributed by atoms with Crippen LogP contribution in [0.3, 0.4) is 0 Å². The van der Waals surface area contributed by atoms with E-state index in [-0.39, 0.29) is 12.0 Å². The Hall–Kier alpha value is -1.85. The van der Waals surface area contributed by atoms with Gasteiger partial charge < -0.3 is 11.1 Å². The fraction of sp³-hybridized carbons (Fsp3) is 0.200. The van der Waals surface area contributed by atoms with E-state index in [1.807, 2.05) is 38.1 Å². The highest BCUT2D eigenvalue weighted by molar-refractivity contribution is 7.18. The van der Waals surface area contributed by atoms with Crippen molar-refractivity contribution in [3.8, 4) is 0 Å². The van der Waals surface area contributed by atoms with Gasteiger partial charge in [-0.15, -0.1) is 11.3 Å². The average Bonchev–Trinajstić information content (AvgIpc) is 2.79. The van der Waals surface area contributed by atoms with Gasteiger partial charge >= 0.3 is 0 Å². The van der Waals surface area contributed by atoms with Gasteiger partial charge in [-0.2, -0.15) is 4.98 Å². The summed E-state index contributed by atoms with van der Waals surface area (Å²) in [6.45, 7) is 4.09. The minimum atomic E-state index is 0.0245. The van der Waals surface area contributed by atoms with Crippen LogP contribution in [-0.2, 0) is 0 Å². The Kier molecular flexibility index (Phi) is 3.69. The topological polar surface area (TPSA) is 63.8 Å². The Balaban J connectivity index is 2.00. The summed E-state index contributed by atoms with van der Waals surface area (Å²) in [5.74, 6) is 1.02. The van der Waals surface area contributed by atoms with Gasteiger partial charge in [-0.3, -0.25) is 0 Å². The Morgan fingerprint density at radius 3 is 2.81 bits per heavy atom. The van der Waals surface area contributed by atoms with Crippen LogP contribution in [0.1, 0.15) is 23.4 Å². The van der Waals surface area contributed by atoms with Gasteiger partial charge in [-0.1, -0.05) is 29.8 Å². The Morgan fingerprint density at radius 2 is 2.05 bits per heavy atom. The van der Waals surface area contributed by atoms with Gasteiger partial charge in [-0.25, -0.2) is 4.98 Å². The highest BCUT2D eigenvalue weighted by Gasteiger charge is 2.14. The zero-order chi connectivity index (χ0) is 15.0. The molecule has 3 N–H and O–H groups in total. The molecule has 0 aliphatic carbocycles. The summed E-state index contributed by atoms with van der Waals surface area (Å²) in [6.07, 6.45) is 0. The number of hydrogen-bond acceptors (Lipinski definition) is 5. The molecule has 3 rings (SSSR count). The van der Waals surface area contributed by atoms with E-state index < -0.39 is 0 Å². The number of nitrogens with two attached hydrogens (primary N) is 1. The highest BCUT2D eigenvalue weighted by Crippen LogP contribution is 2.32. The molecule has 0 aliphatic heterocycles. The molecule has 108 valence electrons. The van der Waals surface area contributed by atoms with E-state index in [0.717, 1.165) is 26.6 Å². The Bertz CT molecular complexity index is 799. The molecular formula is C15H15ClN4S. The number of nitrogen functional groups attached to an aromatic ring is 1. The maximum atomic E-state index is 6.24. The molecule has 4 nitrogen and oxygen atoms in total. The molecule has 0 radical (unpaired) electrons. The smallest absolute Gasteiger partial charge is 0.223 e. The number of nitrogens with zero attached hydrogens (tertiary/aromatic N) is 2. The van der Waals surface area contributed by atoms with Crippen LogP contribution in [0.25, 0.3) is 10.2 Å². The van der Waals surface area contributed by atoms with Crippen LogP contribution in [0.2, 0.25) is 5.02 Å². The fourth-order valence-electron chi connectivity index (χ4n) is 2.28. The molecule has 1 atom stereocenters. The Morgan fingerprint density at radius 1 is 1.29 bits per heavy atom. The number of aromatic nitrogens is 2. The number of thiophene rings is 1. The van der Waals surface area contributed by atoms with Gasteiger partial charge in [0.1, 0.15) is 10.6 Å². The lowest BCUT2D eigenvalue weighted by Gasteiger charge is -2.17. The van der Waals surface area contributed by atoms with E-state index in [9.17, 15) is 0 Å². The summed E-state index contributed by atoms with van der Waals surface area (Å²) >= 11 is 7.85. The quantitative estimate of drug-likeness (QED) is 0.751. The summed E-state index contributed by atoms with van der Waals surface area (Å²) in [7, 11) is 0. The highest BCUT2D eigenvalue weighted by atomic mass is 35.5. The van der Waals surface area contributed by atoms with E-state index in [0.29, 0.717) is 0 Å². The lowest BCUT2D eigenvalue weighted by atomic mass is 10.1. The van der Waals surface area contributed by atoms with E-state index in [2.05, 4.69) is 21.4 Å². The third-order valence-corrected chi connectivity index (χ3v) is 4.55. The zero-order valence-corrected chi connectivity index (χ0v) is 13.3. The van der Waals surface area contributed by atoms with Gasteiger partial charge in [0, 0.05) is 9.90 Å². The summed E-state index contributed by atoms with van der Waals surface area (Å²) in [4.78, 5) is 10.7. The molecule has 1 aromatic carbocycles. The fourth-order valence-corrected chi connectivity index (χ4v) is 3.46. The molecule has 2 aromatic heterocycles. The van der Waals surface area contributed by atoms with Gasteiger partial charge in [-0.05, 0) is 31.5 Å². The number of aryl methyl sites for hydroxylation is 1. The monoisotopic (exact) mass is 318 g/mol. The first kappa shape index (κ1) is 14.1. The van der Waals surface area contributed by atoms with Crippen molar-refractivity contribution in [2.45, 2.75) is 19.9 Å². The molecule has 0 spiro atoms. The van der Waals surface area contributed by atoms with Crippen molar-refractivity contribution in [1.82, 2.24) is 9.97 Å². The molecule has 0 saturated carbocycles. The van der Waals surface area contributed by atoms with Crippen molar-refractivity contribution in [3.63, 3.8) is 0 Å². The number of nitrogens with one attached hydrogen (secondary N) is 1. The second-order valence-electron chi connectivity index (χ2n) is 4.89. The minimum Gasteiger partial charge on any atom is -0.368 e. The number of hydrogen-bond donors (Lipinski definition) is 2. The van der Waals surface area contributed by atoms with Crippen molar-refractivity contribution in [2.75, 3.05) is 11.1 Å². The van der Waals surface area contributed by atoms with Gasteiger partial charge in [0.25, 0.3) is 0 Å². The first-order chi connectivity index (χ1) is 10.0. The van der Waals surface area contributed by atoms with Crippen molar-refractivity contribution in [1.29, 1.82) is 0 Å². The third-order valence-electron chi connectivity index (χ3n) is 3.26. The SMILES string of the molecule is Cc1cc2c(NC(C)c3ccccc3Cl)nc(N)nc2s1. The predicted octanol–water partition coefficient (Wildman–Crippen LogP) is 4.41. The number of benzene rings is 1. The first-order valence-corrected chi connectivity index (χ1v) is 7.78. The van der Waals surface area contributed by atoms with Crippen LogP contribution in [0.5, 0.6) is 0 Å². The molecule has 2 heterocycles.